The van der Waals surface area contributed by atoms with Crippen molar-refractivity contribution in [3.05, 3.63) is 29.3 Å². The number of hydrogen-bond acceptors (Lipinski definition) is 4. The molecule has 0 aromatic heterocycles. The predicted molar refractivity (Wildman–Crippen MR) is 78.6 cm³/mol. The second kappa shape index (κ2) is 7.71. The number of aliphatic hydroxyl groups is 2. The molecule has 0 saturated carbocycles. The minimum atomic E-state index is -5.23. The topological polar surface area (TPSA) is 77.8 Å². The van der Waals surface area contributed by atoms with E-state index in [4.69, 9.17) is 0 Å². The van der Waals surface area contributed by atoms with Crippen molar-refractivity contribution in [3.8, 4) is 0 Å². The second-order valence-corrected chi connectivity index (χ2v) is 7.63. The van der Waals surface area contributed by atoms with E-state index in [0.29, 0.717) is 4.31 Å². The predicted octanol–water partition coefficient (Wildman–Crippen LogP) is 2.48. The first kappa shape index (κ1) is 22.7. The van der Waals surface area contributed by atoms with Crippen molar-refractivity contribution in [1.82, 2.24) is 4.31 Å². The normalized spacial score (nSPS) is 16.0. The lowest BCUT2D eigenvalue weighted by Crippen LogP contribution is -2.41. The third kappa shape index (κ3) is 5.56. The number of aliphatic hydroxyl groups excluding tert-OH is 2. The van der Waals surface area contributed by atoms with Crippen LogP contribution in [-0.2, 0) is 22.4 Å². The van der Waals surface area contributed by atoms with Crippen molar-refractivity contribution in [2.24, 2.45) is 0 Å². The summed E-state index contributed by atoms with van der Waals surface area (Å²) in [4.78, 5) is -1.60. The summed E-state index contributed by atoms with van der Waals surface area (Å²) in [7, 11) is -5.09. The van der Waals surface area contributed by atoms with Crippen LogP contribution in [-0.4, -0.2) is 48.2 Å². The Labute approximate surface area is 145 Å². The molecule has 1 rings (SSSR count). The van der Waals surface area contributed by atoms with Gasteiger partial charge in [0.2, 0.25) is 10.0 Å². The van der Waals surface area contributed by atoms with Crippen molar-refractivity contribution >= 4 is 10.0 Å². The van der Waals surface area contributed by atoms with E-state index in [1.807, 2.05) is 0 Å². The highest BCUT2D eigenvalue weighted by molar-refractivity contribution is 7.89. The Morgan fingerprint density at radius 2 is 1.42 bits per heavy atom. The molecule has 0 bridgehead atoms. The summed E-state index contributed by atoms with van der Waals surface area (Å²) in [6.07, 6.45) is -12.9. The standard InChI is InChI=1S/C14H17F6NO4S/c1-8(22)6-21(7-9(2)23)26(24,25)12-5-10(13(15,16)17)3-4-11(12)14(18,19)20/h3-5,8-9,22-23H,6-7H2,1-2H3/t8-,9+. The van der Waals surface area contributed by atoms with Gasteiger partial charge in [-0.25, -0.2) is 8.42 Å². The molecule has 0 saturated heterocycles. The van der Waals surface area contributed by atoms with Crippen molar-refractivity contribution < 1.29 is 45.0 Å². The molecule has 0 unspecified atom stereocenters. The van der Waals surface area contributed by atoms with Crippen molar-refractivity contribution in [3.63, 3.8) is 0 Å². The molecular weight excluding hydrogens is 392 g/mol. The summed E-state index contributed by atoms with van der Waals surface area (Å²) in [6, 6.07) is 0.0728. The van der Waals surface area contributed by atoms with Gasteiger partial charge in [-0.1, -0.05) is 0 Å². The zero-order valence-electron chi connectivity index (χ0n) is 13.6. The quantitative estimate of drug-likeness (QED) is 0.708. The fraction of sp³-hybridized carbons (Fsp3) is 0.571. The first-order valence-corrected chi connectivity index (χ1v) is 8.65. The molecule has 2 N–H and O–H groups in total. The van der Waals surface area contributed by atoms with Crippen LogP contribution in [0.4, 0.5) is 26.3 Å². The van der Waals surface area contributed by atoms with E-state index in [9.17, 15) is 45.0 Å². The molecular formula is C14H17F6NO4S. The molecule has 0 radical (unpaired) electrons. The molecule has 2 atom stereocenters. The maximum Gasteiger partial charge on any atom is 0.417 e. The van der Waals surface area contributed by atoms with E-state index in [2.05, 4.69) is 0 Å². The van der Waals surface area contributed by atoms with Gasteiger partial charge >= 0.3 is 12.4 Å². The summed E-state index contributed by atoms with van der Waals surface area (Å²) >= 11 is 0. The van der Waals surface area contributed by atoms with Crippen LogP contribution in [0.1, 0.15) is 25.0 Å². The molecule has 0 spiro atoms. The molecule has 0 heterocycles. The molecule has 150 valence electrons. The third-order valence-electron chi connectivity index (χ3n) is 3.17. The van der Waals surface area contributed by atoms with E-state index in [-0.39, 0.29) is 18.2 Å². The molecule has 0 aliphatic heterocycles. The molecule has 1 aromatic carbocycles. The number of sulfonamides is 1. The number of benzene rings is 1. The number of halogens is 6. The summed E-state index contributed by atoms with van der Waals surface area (Å²) < 4.78 is 103. The molecule has 0 aliphatic carbocycles. The Hall–Kier alpha value is -1.37. The average Bonchev–Trinajstić information content (AvgIpc) is 2.43. The van der Waals surface area contributed by atoms with Gasteiger partial charge in [0, 0.05) is 13.1 Å². The van der Waals surface area contributed by atoms with Gasteiger partial charge in [0.25, 0.3) is 0 Å². The summed E-state index contributed by atoms with van der Waals surface area (Å²) in [5.74, 6) is 0. The van der Waals surface area contributed by atoms with E-state index in [0.717, 1.165) is 13.8 Å². The van der Waals surface area contributed by atoms with Gasteiger partial charge in [-0.2, -0.15) is 30.6 Å². The number of nitrogens with zero attached hydrogens (tertiary/aromatic N) is 1. The van der Waals surface area contributed by atoms with Gasteiger partial charge in [0.05, 0.1) is 28.2 Å². The van der Waals surface area contributed by atoms with Gasteiger partial charge in [-0.05, 0) is 32.0 Å². The average molecular weight is 409 g/mol. The molecule has 0 fully saturated rings. The number of rotatable bonds is 6. The lowest BCUT2D eigenvalue weighted by atomic mass is 10.1. The first-order chi connectivity index (χ1) is 11.6. The van der Waals surface area contributed by atoms with Crippen molar-refractivity contribution in [1.29, 1.82) is 0 Å². The van der Waals surface area contributed by atoms with Crippen LogP contribution >= 0.6 is 0 Å². The van der Waals surface area contributed by atoms with Gasteiger partial charge in [0.1, 0.15) is 0 Å². The van der Waals surface area contributed by atoms with Gasteiger partial charge in [0.15, 0.2) is 0 Å². The fourth-order valence-corrected chi connectivity index (χ4v) is 3.99. The van der Waals surface area contributed by atoms with Crippen LogP contribution in [0.5, 0.6) is 0 Å². The Kier molecular flexibility index (Phi) is 6.72. The zero-order valence-corrected chi connectivity index (χ0v) is 14.5. The van der Waals surface area contributed by atoms with Crippen LogP contribution in [0.15, 0.2) is 23.1 Å². The highest BCUT2D eigenvalue weighted by Gasteiger charge is 2.42. The van der Waals surface area contributed by atoms with Crippen molar-refractivity contribution in [2.45, 2.75) is 43.3 Å². The highest BCUT2D eigenvalue weighted by Crippen LogP contribution is 2.39. The molecule has 5 nitrogen and oxygen atoms in total. The maximum absolute atomic E-state index is 13.1. The zero-order chi connectivity index (χ0) is 20.5. The minimum absolute atomic E-state index is 0.0403. The minimum Gasteiger partial charge on any atom is -0.392 e. The highest BCUT2D eigenvalue weighted by atomic mass is 32.2. The Morgan fingerprint density at radius 3 is 1.77 bits per heavy atom. The molecule has 12 heteroatoms. The summed E-state index contributed by atoms with van der Waals surface area (Å²) in [5, 5.41) is 18.7. The summed E-state index contributed by atoms with van der Waals surface area (Å²) in [5.41, 5.74) is -3.34. The van der Waals surface area contributed by atoms with Crippen LogP contribution in [0.2, 0.25) is 0 Å². The number of hydrogen-bond donors (Lipinski definition) is 2. The largest absolute Gasteiger partial charge is 0.417 e. The summed E-state index contributed by atoms with van der Waals surface area (Å²) in [6.45, 7) is 0.865. The van der Waals surface area contributed by atoms with E-state index in [1.54, 1.807) is 0 Å². The molecule has 0 aliphatic rings. The van der Waals surface area contributed by atoms with Crippen LogP contribution in [0, 0.1) is 0 Å². The van der Waals surface area contributed by atoms with Gasteiger partial charge < -0.3 is 10.2 Å². The lowest BCUT2D eigenvalue weighted by molar-refractivity contribution is -0.143. The Morgan fingerprint density at radius 1 is 0.962 bits per heavy atom. The molecule has 0 amide bonds. The van der Waals surface area contributed by atoms with Crippen LogP contribution < -0.4 is 0 Å². The first-order valence-electron chi connectivity index (χ1n) is 7.21. The van der Waals surface area contributed by atoms with Gasteiger partial charge in [-0.15, -0.1) is 0 Å². The van der Waals surface area contributed by atoms with E-state index in [1.165, 1.54) is 0 Å². The van der Waals surface area contributed by atoms with Crippen molar-refractivity contribution in [2.75, 3.05) is 13.1 Å². The SMILES string of the molecule is C[C@H](O)CN(C[C@@H](C)O)S(=O)(=O)c1cc(C(F)(F)F)ccc1C(F)(F)F. The van der Waals surface area contributed by atoms with Crippen LogP contribution in [0.3, 0.4) is 0 Å². The van der Waals surface area contributed by atoms with E-state index < -0.39 is 63.7 Å². The van der Waals surface area contributed by atoms with Gasteiger partial charge in [-0.3, -0.25) is 0 Å². The maximum atomic E-state index is 13.1. The second-order valence-electron chi connectivity index (χ2n) is 5.73. The smallest absolute Gasteiger partial charge is 0.392 e. The lowest BCUT2D eigenvalue weighted by Gasteiger charge is -2.26. The molecule has 26 heavy (non-hydrogen) atoms. The van der Waals surface area contributed by atoms with E-state index >= 15 is 0 Å². The number of alkyl halides is 6. The molecule has 1 aromatic rings. The fourth-order valence-electron chi connectivity index (χ4n) is 2.15. The Bertz CT molecular complexity index is 718. The Balaban J connectivity index is 3.65. The van der Waals surface area contributed by atoms with Crippen LogP contribution in [0.25, 0.3) is 0 Å². The third-order valence-corrected chi connectivity index (χ3v) is 5.04. The monoisotopic (exact) mass is 409 g/mol.